The molecule has 0 amide bonds. The zero-order valence-corrected chi connectivity index (χ0v) is 10.8. The fraction of sp³-hybridized carbons (Fsp3) is 0.571. The highest BCUT2D eigenvalue weighted by molar-refractivity contribution is 5.33. The van der Waals surface area contributed by atoms with Crippen LogP contribution < -0.4 is 5.32 Å². The van der Waals surface area contributed by atoms with E-state index in [0.29, 0.717) is 13.2 Å². The normalized spacial score (nSPS) is 21.6. The van der Waals surface area contributed by atoms with Crippen LogP contribution >= 0.6 is 0 Å². The van der Waals surface area contributed by atoms with Gasteiger partial charge in [-0.2, -0.15) is 13.2 Å². The van der Waals surface area contributed by atoms with E-state index in [1.54, 1.807) is 6.07 Å². The molecule has 2 atom stereocenters. The standard InChI is InChI=1S/C14H18F3NO/c1-2-18-13(12-8-5-9-19-12)10-6-3-4-7-11(10)14(15,16)17/h3-4,6-7,12-13,18H,2,5,8-9H2,1H3. The van der Waals surface area contributed by atoms with Gasteiger partial charge >= 0.3 is 6.18 Å². The van der Waals surface area contributed by atoms with Crippen molar-refractivity contribution in [1.82, 2.24) is 5.32 Å². The number of hydrogen-bond donors (Lipinski definition) is 1. The van der Waals surface area contributed by atoms with Crippen LogP contribution in [0.4, 0.5) is 13.2 Å². The molecule has 106 valence electrons. The van der Waals surface area contributed by atoms with Crippen molar-refractivity contribution in [2.45, 2.75) is 38.1 Å². The summed E-state index contributed by atoms with van der Waals surface area (Å²) < 4.78 is 44.8. The maximum Gasteiger partial charge on any atom is 0.416 e. The summed E-state index contributed by atoms with van der Waals surface area (Å²) in [6.45, 7) is 3.12. The minimum Gasteiger partial charge on any atom is -0.376 e. The molecule has 0 saturated carbocycles. The third kappa shape index (κ3) is 3.28. The second-order valence-electron chi connectivity index (χ2n) is 4.67. The van der Waals surface area contributed by atoms with Crippen LogP contribution in [0.25, 0.3) is 0 Å². The first-order chi connectivity index (χ1) is 9.04. The van der Waals surface area contributed by atoms with Gasteiger partial charge in [-0.15, -0.1) is 0 Å². The Morgan fingerprint density at radius 2 is 2.11 bits per heavy atom. The van der Waals surface area contributed by atoms with Gasteiger partial charge in [0.25, 0.3) is 0 Å². The number of ether oxygens (including phenoxy) is 1. The van der Waals surface area contributed by atoms with E-state index in [0.717, 1.165) is 18.9 Å². The van der Waals surface area contributed by atoms with Crippen LogP contribution in [0.1, 0.15) is 36.9 Å². The molecule has 2 unspecified atom stereocenters. The lowest BCUT2D eigenvalue weighted by Gasteiger charge is -2.27. The number of likely N-dealkylation sites (N-methyl/N-ethyl adjacent to an activating group) is 1. The van der Waals surface area contributed by atoms with E-state index in [9.17, 15) is 13.2 Å². The number of hydrogen-bond acceptors (Lipinski definition) is 2. The summed E-state index contributed by atoms with van der Waals surface area (Å²) in [6.07, 6.45) is -2.81. The lowest BCUT2D eigenvalue weighted by molar-refractivity contribution is -0.138. The van der Waals surface area contributed by atoms with Gasteiger partial charge in [-0.25, -0.2) is 0 Å². The first-order valence-electron chi connectivity index (χ1n) is 6.55. The van der Waals surface area contributed by atoms with Crippen LogP contribution in [0, 0.1) is 0 Å². The number of benzene rings is 1. The average molecular weight is 273 g/mol. The SMILES string of the molecule is CCNC(c1ccccc1C(F)(F)F)C1CCCO1. The second-order valence-corrected chi connectivity index (χ2v) is 4.67. The lowest BCUT2D eigenvalue weighted by Crippen LogP contribution is -2.33. The zero-order valence-electron chi connectivity index (χ0n) is 10.8. The van der Waals surface area contributed by atoms with E-state index in [-0.39, 0.29) is 11.7 Å². The van der Waals surface area contributed by atoms with Crippen molar-refractivity contribution in [3.63, 3.8) is 0 Å². The lowest BCUT2D eigenvalue weighted by atomic mass is 9.94. The van der Waals surface area contributed by atoms with E-state index in [1.165, 1.54) is 12.1 Å². The van der Waals surface area contributed by atoms with E-state index in [2.05, 4.69) is 5.32 Å². The van der Waals surface area contributed by atoms with Crippen LogP contribution in [-0.2, 0) is 10.9 Å². The Morgan fingerprint density at radius 1 is 1.37 bits per heavy atom. The predicted molar refractivity (Wildman–Crippen MR) is 66.8 cm³/mol. The number of alkyl halides is 3. The summed E-state index contributed by atoms with van der Waals surface area (Å²) in [5, 5.41) is 3.13. The number of rotatable bonds is 4. The Morgan fingerprint density at radius 3 is 2.68 bits per heavy atom. The topological polar surface area (TPSA) is 21.3 Å². The molecule has 0 spiro atoms. The van der Waals surface area contributed by atoms with Crippen molar-refractivity contribution in [2.75, 3.05) is 13.2 Å². The number of halogens is 3. The molecule has 19 heavy (non-hydrogen) atoms. The minimum absolute atomic E-state index is 0.177. The fourth-order valence-corrected chi connectivity index (χ4v) is 2.55. The smallest absolute Gasteiger partial charge is 0.376 e. The van der Waals surface area contributed by atoms with E-state index < -0.39 is 17.8 Å². The largest absolute Gasteiger partial charge is 0.416 e. The molecule has 2 rings (SSSR count). The van der Waals surface area contributed by atoms with Crippen LogP contribution in [0.5, 0.6) is 0 Å². The molecule has 1 aromatic rings. The Bertz CT molecular complexity index is 413. The Kier molecular flexibility index (Phi) is 4.47. The molecule has 1 heterocycles. The molecule has 0 aromatic heterocycles. The average Bonchev–Trinajstić information content (AvgIpc) is 2.88. The molecule has 1 saturated heterocycles. The van der Waals surface area contributed by atoms with Crippen molar-refractivity contribution < 1.29 is 17.9 Å². The van der Waals surface area contributed by atoms with Gasteiger partial charge in [-0.05, 0) is 31.0 Å². The third-order valence-corrected chi connectivity index (χ3v) is 3.36. The first-order valence-corrected chi connectivity index (χ1v) is 6.55. The molecule has 1 aliphatic heterocycles. The zero-order chi connectivity index (χ0) is 13.9. The van der Waals surface area contributed by atoms with Gasteiger partial charge in [0.05, 0.1) is 17.7 Å². The highest BCUT2D eigenvalue weighted by Crippen LogP contribution is 2.37. The molecular formula is C14H18F3NO. The van der Waals surface area contributed by atoms with Gasteiger partial charge in [0.1, 0.15) is 0 Å². The van der Waals surface area contributed by atoms with Gasteiger partial charge in [-0.3, -0.25) is 0 Å². The quantitative estimate of drug-likeness (QED) is 0.906. The summed E-state index contributed by atoms with van der Waals surface area (Å²) in [5.41, 5.74) is -0.291. The van der Waals surface area contributed by atoms with Gasteiger partial charge in [0, 0.05) is 6.61 Å². The van der Waals surface area contributed by atoms with E-state index >= 15 is 0 Å². The van der Waals surface area contributed by atoms with Crippen molar-refractivity contribution in [2.24, 2.45) is 0 Å². The van der Waals surface area contributed by atoms with Crippen molar-refractivity contribution >= 4 is 0 Å². The summed E-state index contributed by atoms with van der Waals surface area (Å²) in [7, 11) is 0. The maximum atomic E-state index is 13.1. The molecule has 0 radical (unpaired) electrons. The van der Waals surface area contributed by atoms with Crippen LogP contribution in [-0.4, -0.2) is 19.3 Å². The fourth-order valence-electron chi connectivity index (χ4n) is 2.55. The van der Waals surface area contributed by atoms with E-state index in [1.807, 2.05) is 6.92 Å². The highest BCUT2D eigenvalue weighted by Gasteiger charge is 2.37. The molecular weight excluding hydrogens is 255 g/mol. The predicted octanol–water partition coefficient (Wildman–Crippen LogP) is 3.54. The molecule has 2 nitrogen and oxygen atoms in total. The van der Waals surface area contributed by atoms with Crippen molar-refractivity contribution in [1.29, 1.82) is 0 Å². The van der Waals surface area contributed by atoms with Gasteiger partial charge in [-0.1, -0.05) is 25.1 Å². The minimum atomic E-state index is -4.33. The van der Waals surface area contributed by atoms with Crippen LogP contribution in [0.2, 0.25) is 0 Å². The molecule has 1 fully saturated rings. The first kappa shape index (κ1) is 14.3. The van der Waals surface area contributed by atoms with Crippen molar-refractivity contribution in [3.8, 4) is 0 Å². The molecule has 1 aromatic carbocycles. The Balaban J connectivity index is 2.35. The second kappa shape index (κ2) is 5.92. The summed E-state index contributed by atoms with van der Waals surface area (Å²) in [4.78, 5) is 0. The number of nitrogens with one attached hydrogen (secondary N) is 1. The molecule has 1 N–H and O–H groups in total. The summed E-state index contributed by atoms with van der Waals surface area (Å²) in [5.74, 6) is 0. The Hall–Kier alpha value is -1.07. The molecule has 0 aliphatic carbocycles. The summed E-state index contributed by atoms with van der Waals surface area (Å²) in [6, 6.07) is 5.34. The molecule has 1 aliphatic rings. The maximum absolute atomic E-state index is 13.1. The summed E-state index contributed by atoms with van der Waals surface area (Å²) >= 11 is 0. The molecule has 5 heteroatoms. The van der Waals surface area contributed by atoms with Crippen molar-refractivity contribution in [3.05, 3.63) is 35.4 Å². The van der Waals surface area contributed by atoms with Crippen LogP contribution in [0.15, 0.2) is 24.3 Å². The molecule has 0 bridgehead atoms. The van der Waals surface area contributed by atoms with Gasteiger partial charge in [0.2, 0.25) is 0 Å². The van der Waals surface area contributed by atoms with Gasteiger partial charge < -0.3 is 10.1 Å². The van der Waals surface area contributed by atoms with Gasteiger partial charge in [0.15, 0.2) is 0 Å². The monoisotopic (exact) mass is 273 g/mol. The van der Waals surface area contributed by atoms with Crippen LogP contribution in [0.3, 0.4) is 0 Å². The third-order valence-electron chi connectivity index (χ3n) is 3.36. The van der Waals surface area contributed by atoms with E-state index in [4.69, 9.17) is 4.74 Å². The Labute approximate surface area is 111 Å². The highest BCUT2D eigenvalue weighted by atomic mass is 19.4.